The summed E-state index contributed by atoms with van der Waals surface area (Å²) in [7, 11) is -3.11. The largest absolute Gasteiger partial charge is 0.330 e. The standard InChI is InChI=1S/C18H26N2O4S/c1-13(21)20(16-9-10-25(23,24)12-16)11-17(22)19-15-7-5-14(6-8-15)18(2,3)4/h5-8,16H,9-12H2,1-4H3,(H,19,22). The third-order valence-electron chi connectivity index (χ3n) is 4.40. The van der Waals surface area contributed by atoms with Crippen molar-refractivity contribution in [2.75, 3.05) is 23.4 Å². The number of nitrogens with zero attached hydrogens (tertiary/aromatic N) is 1. The van der Waals surface area contributed by atoms with Crippen molar-refractivity contribution in [3.05, 3.63) is 29.8 Å². The molecule has 0 spiro atoms. The van der Waals surface area contributed by atoms with E-state index in [4.69, 9.17) is 0 Å². The van der Waals surface area contributed by atoms with Crippen LogP contribution >= 0.6 is 0 Å². The van der Waals surface area contributed by atoms with Crippen LogP contribution in [-0.2, 0) is 24.8 Å². The van der Waals surface area contributed by atoms with Gasteiger partial charge in [0.2, 0.25) is 11.8 Å². The number of hydrogen-bond donors (Lipinski definition) is 1. The Kier molecular flexibility index (Phi) is 5.56. The molecule has 1 aliphatic heterocycles. The maximum Gasteiger partial charge on any atom is 0.244 e. The van der Waals surface area contributed by atoms with Gasteiger partial charge in [-0.1, -0.05) is 32.9 Å². The highest BCUT2D eigenvalue weighted by Gasteiger charge is 2.34. The van der Waals surface area contributed by atoms with E-state index in [0.29, 0.717) is 12.1 Å². The molecule has 1 heterocycles. The predicted molar refractivity (Wildman–Crippen MR) is 98.2 cm³/mol. The molecule has 0 radical (unpaired) electrons. The Balaban J connectivity index is 2.01. The second kappa shape index (κ2) is 7.15. The zero-order valence-electron chi connectivity index (χ0n) is 15.2. The lowest BCUT2D eigenvalue weighted by molar-refractivity contribution is -0.134. The van der Waals surface area contributed by atoms with Gasteiger partial charge in [0.15, 0.2) is 9.84 Å². The van der Waals surface area contributed by atoms with Crippen LogP contribution in [0.2, 0.25) is 0 Å². The fourth-order valence-electron chi connectivity index (χ4n) is 2.93. The molecule has 0 aliphatic carbocycles. The van der Waals surface area contributed by atoms with E-state index in [0.717, 1.165) is 5.56 Å². The Labute approximate surface area is 149 Å². The van der Waals surface area contributed by atoms with Gasteiger partial charge in [0.05, 0.1) is 11.5 Å². The molecule has 1 fully saturated rings. The molecular formula is C18H26N2O4S. The van der Waals surface area contributed by atoms with Crippen molar-refractivity contribution >= 4 is 27.3 Å². The van der Waals surface area contributed by atoms with Crippen LogP contribution in [0.25, 0.3) is 0 Å². The van der Waals surface area contributed by atoms with Crippen molar-refractivity contribution in [2.24, 2.45) is 0 Å². The maximum absolute atomic E-state index is 12.3. The summed E-state index contributed by atoms with van der Waals surface area (Å²) in [6.45, 7) is 7.55. The van der Waals surface area contributed by atoms with E-state index in [2.05, 4.69) is 26.1 Å². The maximum atomic E-state index is 12.3. The van der Waals surface area contributed by atoms with Gasteiger partial charge in [-0.3, -0.25) is 9.59 Å². The summed E-state index contributed by atoms with van der Waals surface area (Å²) in [6, 6.07) is 7.16. The van der Waals surface area contributed by atoms with E-state index < -0.39 is 15.9 Å². The second-order valence-electron chi connectivity index (χ2n) is 7.58. The molecule has 1 atom stereocenters. The van der Waals surface area contributed by atoms with Gasteiger partial charge >= 0.3 is 0 Å². The Bertz CT molecular complexity index is 748. The summed E-state index contributed by atoms with van der Waals surface area (Å²) in [6.07, 6.45) is 0.384. The summed E-state index contributed by atoms with van der Waals surface area (Å²) in [5.41, 5.74) is 1.84. The van der Waals surface area contributed by atoms with Crippen LogP contribution in [0.5, 0.6) is 0 Å². The first-order valence-corrected chi connectivity index (χ1v) is 10.2. The average molecular weight is 366 g/mol. The van der Waals surface area contributed by atoms with Crippen molar-refractivity contribution in [3.8, 4) is 0 Å². The number of rotatable bonds is 4. The van der Waals surface area contributed by atoms with Gasteiger partial charge in [-0.15, -0.1) is 0 Å². The molecular weight excluding hydrogens is 340 g/mol. The van der Waals surface area contributed by atoms with Crippen molar-refractivity contribution in [1.29, 1.82) is 0 Å². The summed E-state index contributed by atoms with van der Waals surface area (Å²) < 4.78 is 23.2. The summed E-state index contributed by atoms with van der Waals surface area (Å²) in [5.74, 6) is -0.624. The fraction of sp³-hybridized carbons (Fsp3) is 0.556. The molecule has 0 saturated carbocycles. The van der Waals surface area contributed by atoms with Gasteiger partial charge < -0.3 is 10.2 Å². The number of anilines is 1. The zero-order valence-corrected chi connectivity index (χ0v) is 16.0. The fourth-order valence-corrected chi connectivity index (χ4v) is 4.66. The van der Waals surface area contributed by atoms with E-state index in [1.165, 1.54) is 11.8 Å². The van der Waals surface area contributed by atoms with Gasteiger partial charge in [-0.25, -0.2) is 8.42 Å². The van der Waals surface area contributed by atoms with Gasteiger partial charge in [-0.2, -0.15) is 0 Å². The van der Waals surface area contributed by atoms with E-state index in [1.807, 2.05) is 24.3 Å². The van der Waals surface area contributed by atoms with Crippen molar-refractivity contribution < 1.29 is 18.0 Å². The minimum absolute atomic E-state index is 0.0297. The smallest absolute Gasteiger partial charge is 0.244 e. The minimum Gasteiger partial charge on any atom is -0.330 e. The van der Waals surface area contributed by atoms with Gasteiger partial charge in [-0.05, 0) is 29.5 Å². The SMILES string of the molecule is CC(=O)N(CC(=O)Nc1ccc(C(C)(C)C)cc1)C1CCS(=O)(=O)C1. The average Bonchev–Trinajstić information content (AvgIpc) is 2.84. The van der Waals surface area contributed by atoms with Crippen molar-refractivity contribution in [3.63, 3.8) is 0 Å². The molecule has 1 unspecified atom stereocenters. The quantitative estimate of drug-likeness (QED) is 0.883. The monoisotopic (exact) mass is 366 g/mol. The lowest BCUT2D eigenvalue weighted by atomic mass is 9.87. The number of hydrogen-bond acceptors (Lipinski definition) is 4. The minimum atomic E-state index is -3.11. The van der Waals surface area contributed by atoms with E-state index in [1.54, 1.807) is 0 Å². The number of nitrogens with one attached hydrogen (secondary N) is 1. The summed E-state index contributed by atoms with van der Waals surface area (Å²) in [5, 5.41) is 2.77. The Morgan fingerprint density at radius 2 is 1.80 bits per heavy atom. The van der Waals surface area contributed by atoms with Crippen LogP contribution in [0.3, 0.4) is 0 Å². The molecule has 2 amide bonds. The number of benzene rings is 1. The van der Waals surface area contributed by atoms with Crippen LogP contribution < -0.4 is 5.32 Å². The molecule has 2 rings (SSSR count). The first kappa shape index (κ1) is 19.4. The van der Waals surface area contributed by atoms with E-state index in [-0.39, 0.29) is 35.3 Å². The molecule has 0 aromatic heterocycles. The van der Waals surface area contributed by atoms with Crippen LogP contribution in [0.4, 0.5) is 5.69 Å². The Hall–Kier alpha value is -1.89. The molecule has 1 N–H and O–H groups in total. The highest BCUT2D eigenvalue weighted by atomic mass is 32.2. The van der Waals surface area contributed by atoms with Gasteiger partial charge in [0, 0.05) is 18.7 Å². The second-order valence-corrected chi connectivity index (χ2v) is 9.81. The number of sulfone groups is 1. The van der Waals surface area contributed by atoms with E-state index >= 15 is 0 Å². The molecule has 1 aliphatic rings. The van der Waals surface area contributed by atoms with Crippen LogP contribution in [-0.4, -0.2) is 49.2 Å². The number of carbonyl (C=O) groups is 2. The molecule has 1 aromatic carbocycles. The number of carbonyl (C=O) groups excluding carboxylic acids is 2. The molecule has 7 heteroatoms. The summed E-state index contributed by atoms with van der Waals surface area (Å²) in [4.78, 5) is 25.5. The third-order valence-corrected chi connectivity index (χ3v) is 6.15. The Morgan fingerprint density at radius 3 is 2.24 bits per heavy atom. The van der Waals surface area contributed by atoms with Crippen LogP contribution in [0, 0.1) is 0 Å². The molecule has 0 bridgehead atoms. The molecule has 25 heavy (non-hydrogen) atoms. The summed E-state index contributed by atoms with van der Waals surface area (Å²) >= 11 is 0. The highest BCUT2D eigenvalue weighted by molar-refractivity contribution is 7.91. The third kappa shape index (κ3) is 5.29. The van der Waals surface area contributed by atoms with Crippen LogP contribution in [0.1, 0.15) is 39.7 Å². The first-order chi connectivity index (χ1) is 11.5. The Morgan fingerprint density at radius 1 is 1.20 bits per heavy atom. The molecule has 138 valence electrons. The first-order valence-electron chi connectivity index (χ1n) is 8.36. The normalized spacial score (nSPS) is 19.4. The van der Waals surface area contributed by atoms with Crippen molar-refractivity contribution in [1.82, 2.24) is 4.90 Å². The van der Waals surface area contributed by atoms with Crippen LogP contribution in [0.15, 0.2) is 24.3 Å². The number of amides is 2. The highest BCUT2D eigenvalue weighted by Crippen LogP contribution is 2.23. The van der Waals surface area contributed by atoms with Crippen molar-refractivity contribution in [2.45, 2.75) is 45.6 Å². The lowest BCUT2D eigenvalue weighted by Gasteiger charge is -2.26. The van der Waals surface area contributed by atoms with Gasteiger partial charge in [0.1, 0.15) is 6.54 Å². The molecule has 6 nitrogen and oxygen atoms in total. The zero-order chi connectivity index (χ0) is 18.8. The molecule has 1 aromatic rings. The van der Waals surface area contributed by atoms with E-state index in [9.17, 15) is 18.0 Å². The van der Waals surface area contributed by atoms with Gasteiger partial charge in [0.25, 0.3) is 0 Å². The topological polar surface area (TPSA) is 83.6 Å². The lowest BCUT2D eigenvalue weighted by Crippen LogP contribution is -2.44. The predicted octanol–water partition coefficient (Wildman–Crippen LogP) is 1.96. The molecule has 1 saturated heterocycles.